The number of carbonyl (C=O) groups excluding carboxylic acids is 1. The molecule has 0 aromatic heterocycles. The summed E-state index contributed by atoms with van der Waals surface area (Å²) in [6, 6.07) is 8.91. The summed E-state index contributed by atoms with van der Waals surface area (Å²) >= 11 is 0. The maximum Gasteiger partial charge on any atom is 0.365 e. The Labute approximate surface area is 119 Å². The number of hydrogen-bond donors (Lipinski definition) is 0. The van der Waals surface area contributed by atoms with Crippen LogP contribution in [0.2, 0.25) is 0 Å². The largest absolute Gasteiger partial charge is 0.434 e. The first-order valence-electron chi connectivity index (χ1n) is 6.36. The SMILES string of the molecule is CCOP(=O)(OCC)/C(=C\OC(C)=O)c1ccccc1. The highest BCUT2D eigenvalue weighted by Gasteiger charge is 2.31. The van der Waals surface area contributed by atoms with E-state index in [0.29, 0.717) is 5.56 Å². The van der Waals surface area contributed by atoms with Gasteiger partial charge in [-0.05, 0) is 19.4 Å². The third-order valence-corrected chi connectivity index (χ3v) is 4.45. The van der Waals surface area contributed by atoms with Gasteiger partial charge in [-0.3, -0.25) is 9.36 Å². The highest BCUT2D eigenvalue weighted by atomic mass is 31.2. The van der Waals surface area contributed by atoms with Crippen LogP contribution in [0.3, 0.4) is 0 Å². The van der Waals surface area contributed by atoms with Gasteiger partial charge >= 0.3 is 13.6 Å². The Morgan fingerprint density at radius 1 is 1.15 bits per heavy atom. The molecule has 6 heteroatoms. The molecule has 0 radical (unpaired) electrons. The Morgan fingerprint density at radius 2 is 1.70 bits per heavy atom. The van der Waals surface area contributed by atoms with Crippen LogP contribution in [0.4, 0.5) is 0 Å². The van der Waals surface area contributed by atoms with Crippen molar-refractivity contribution in [3.05, 3.63) is 42.2 Å². The highest BCUT2D eigenvalue weighted by Crippen LogP contribution is 2.60. The van der Waals surface area contributed by atoms with Gasteiger partial charge in [-0.1, -0.05) is 30.3 Å². The van der Waals surface area contributed by atoms with Crippen molar-refractivity contribution in [2.45, 2.75) is 20.8 Å². The van der Waals surface area contributed by atoms with Gasteiger partial charge in [-0.15, -0.1) is 0 Å². The molecule has 0 amide bonds. The van der Waals surface area contributed by atoms with Gasteiger partial charge in [0.15, 0.2) is 0 Å². The Bertz CT molecular complexity index is 500. The zero-order valence-corrected chi connectivity index (χ0v) is 12.8. The Morgan fingerprint density at radius 3 is 2.15 bits per heavy atom. The minimum atomic E-state index is -3.52. The van der Waals surface area contributed by atoms with Gasteiger partial charge in [-0.2, -0.15) is 0 Å². The van der Waals surface area contributed by atoms with Crippen LogP contribution in [0.5, 0.6) is 0 Å². The summed E-state index contributed by atoms with van der Waals surface area (Å²) in [5.41, 5.74) is 0.624. The normalized spacial score (nSPS) is 12.2. The van der Waals surface area contributed by atoms with Crippen LogP contribution in [0.25, 0.3) is 5.31 Å². The monoisotopic (exact) mass is 298 g/mol. The summed E-state index contributed by atoms with van der Waals surface area (Å²) in [7, 11) is -3.52. The van der Waals surface area contributed by atoms with Crippen molar-refractivity contribution in [1.82, 2.24) is 0 Å². The molecule has 0 unspecified atom stereocenters. The fourth-order valence-electron chi connectivity index (χ4n) is 1.55. The van der Waals surface area contributed by atoms with E-state index in [9.17, 15) is 9.36 Å². The van der Waals surface area contributed by atoms with Crippen molar-refractivity contribution in [3.63, 3.8) is 0 Å². The predicted octanol–water partition coefficient (Wildman–Crippen LogP) is 3.81. The van der Waals surface area contributed by atoms with Gasteiger partial charge in [0.2, 0.25) is 0 Å². The first-order valence-corrected chi connectivity index (χ1v) is 7.90. The molecule has 0 saturated heterocycles. The predicted molar refractivity (Wildman–Crippen MR) is 77.0 cm³/mol. The summed E-state index contributed by atoms with van der Waals surface area (Å²) in [5, 5.41) is 0.233. The van der Waals surface area contributed by atoms with Gasteiger partial charge in [0.1, 0.15) is 11.6 Å². The molecule has 1 rings (SSSR count). The van der Waals surface area contributed by atoms with E-state index in [1.165, 1.54) is 6.92 Å². The molecule has 0 atom stereocenters. The lowest BCUT2D eigenvalue weighted by molar-refractivity contribution is -0.135. The van der Waals surface area contributed by atoms with Gasteiger partial charge in [0.25, 0.3) is 0 Å². The van der Waals surface area contributed by atoms with E-state index in [2.05, 4.69) is 0 Å². The van der Waals surface area contributed by atoms with Crippen molar-refractivity contribution >= 4 is 18.9 Å². The summed E-state index contributed by atoms with van der Waals surface area (Å²) in [5.74, 6) is -0.502. The van der Waals surface area contributed by atoms with Crippen LogP contribution < -0.4 is 0 Å². The first-order chi connectivity index (χ1) is 9.53. The summed E-state index contributed by atoms with van der Waals surface area (Å²) in [4.78, 5) is 11.0. The molecular weight excluding hydrogens is 279 g/mol. The molecule has 20 heavy (non-hydrogen) atoms. The zero-order chi connectivity index (χ0) is 15.0. The van der Waals surface area contributed by atoms with Crippen molar-refractivity contribution in [2.24, 2.45) is 0 Å². The molecular formula is C14H19O5P. The number of esters is 1. The molecule has 0 fully saturated rings. The summed E-state index contributed by atoms with van der Waals surface area (Å²) < 4.78 is 28.3. The lowest BCUT2D eigenvalue weighted by atomic mass is 10.2. The number of benzene rings is 1. The molecule has 0 saturated carbocycles. The lowest BCUT2D eigenvalue weighted by Gasteiger charge is -2.19. The zero-order valence-electron chi connectivity index (χ0n) is 11.9. The minimum absolute atomic E-state index is 0.224. The summed E-state index contributed by atoms with van der Waals surface area (Å²) in [6.45, 7) is 5.16. The van der Waals surface area contributed by atoms with Crippen LogP contribution in [0.15, 0.2) is 36.6 Å². The number of rotatable bonds is 7. The lowest BCUT2D eigenvalue weighted by Crippen LogP contribution is -2.01. The molecule has 0 aliphatic heterocycles. The van der Waals surface area contributed by atoms with Crippen LogP contribution in [0, 0.1) is 0 Å². The standard InChI is InChI=1S/C14H19O5P/c1-4-18-20(16,19-5-2)14(11-17-12(3)15)13-9-7-6-8-10-13/h6-11H,4-5H2,1-3H3/b14-11-. The van der Waals surface area contributed by atoms with E-state index in [1.54, 1.807) is 38.1 Å². The molecule has 0 bridgehead atoms. The molecule has 1 aromatic rings. The van der Waals surface area contributed by atoms with Crippen molar-refractivity contribution in [1.29, 1.82) is 0 Å². The molecule has 0 N–H and O–H groups in total. The van der Waals surface area contributed by atoms with E-state index in [0.717, 1.165) is 6.26 Å². The van der Waals surface area contributed by atoms with Crippen LogP contribution in [0.1, 0.15) is 26.3 Å². The topological polar surface area (TPSA) is 61.8 Å². The molecule has 5 nitrogen and oxygen atoms in total. The molecule has 0 aliphatic rings. The van der Waals surface area contributed by atoms with Crippen molar-refractivity contribution in [2.75, 3.05) is 13.2 Å². The van der Waals surface area contributed by atoms with E-state index in [-0.39, 0.29) is 18.5 Å². The third kappa shape index (κ3) is 4.60. The van der Waals surface area contributed by atoms with Gasteiger partial charge in [-0.25, -0.2) is 0 Å². The van der Waals surface area contributed by atoms with E-state index >= 15 is 0 Å². The van der Waals surface area contributed by atoms with Gasteiger partial charge < -0.3 is 13.8 Å². The fraction of sp³-hybridized carbons (Fsp3) is 0.357. The Kier molecular flexibility index (Phi) is 6.65. The third-order valence-electron chi connectivity index (χ3n) is 2.30. The quantitative estimate of drug-likeness (QED) is 0.435. The maximum atomic E-state index is 12.8. The number of ether oxygens (including phenoxy) is 1. The smallest absolute Gasteiger partial charge is 0.365 e. The fourth-order valence-corrected chi connectivity index (χ4v) is 3.23. The van der Waals surface area contributed by atoms with Crippen molar-refractivity contribution < 1.29 is 23.1 Å². The van der Waals surface area contributed by atoms with Crippen LogP contribution >= 0.6 is 7.60 Å². The van der Waals surface area contributed by atoms with Gasteiger partial charge in [0.05, 0.1) is 13.2 Å². The van der Waals surface area contributed by atoms with E-state index < -0.39 is 13.6 Å². The van der Waals surface area contributed by atoms with Crippen LogP contribution in [-0.4, -0.2) is 19.2 Å². The second-order valence-electron chi connectivity index (χ2n) is 3.81. The van der Waals surface area contributed by atoms with Crippen LogP contribution in [-0.2, 0) is 23.1 Å². The van der Waals surface area contributed by atoms with Crippen molar-refractivity contribution in [3.8, 4) is 0 Å². The van der Waals surface area contributed by atoms with Gasteiger partial charge in [0, 0.05) is 6.92 Å². The average Bonchev–Trinajstić information content (AvgIpc) is 2.40. The number of carbonyl (C=O) groups is 1. The first kappa shape index (κ1) is 16.6. The minimum Gasteiger partial charge on any atom is -0.434 e. The second kappa shape index (κ2) is 8.00. The molecule has 110 valence electrons. The molecule has 0 aliphatic carbocycles. The maximum absolute atomic E-state index is 12.8. The molecule has 0 heterocycles. The second-order valence-corrected chi connectivity index (χ2v) is 5.80. The van der Waals surface area contributed by atoms with E-state index in [1.807, 2.05) is 6.07 Å². The Hall–Kier alpha value is -1.42. The summed E-state index contributed by atoms with van der Waals surface area (Å²) in [6.07, 6.45) is 1.14. The number of hydrogen-bond acceptors (Lipinski definition) is 5. The highest BCUT2D eigenvalue weighted by molar-refractivity contribution is 7.65. The average molecular weight is 298 g/mol. The molecule has 0 spiro atoms. The Balaban J connectivity index is 3.25. The van der Waals surface area contributed by atoms with E-state index in [4.69, 9.17) is 13.8 Å². The molecule has 1 aromatic carbocycles.